The second kappa shape index (κ2) is 4.69. The molecule has 0 aliphatic heterocycles. The van der Waals surface area contributed by atoms with E-state index in [1.165, 1.54) is 17.7 Å². The SMILES string of the molecule is Cc1ccc(-c2cnn(-c3ccc(F)cc3)c2)cc1. The zero-order chi connectivity index (χ0) is 13.2. The highest BCUT2D eigenvalue weighted by Crippen LogP contribution is 2.20. The minimum absolute atomic E-state index is 0.241. The lowest BCUT2D eigenvalue weighted by Crippen LogP contribution is -1.93. The molecular weight excluding hydrogens is 239 g/mol. The Balaban J connectivity index is 1.95. The zero-order valence-electron chi connectivity index (χ0n) is 10.5. The van der Waals surface area contributed by atoms with E-state index in [0.29, 0.717) is 0 Å². The van der Waals surface area contributed by atoms with Crippen molar-refractivity contribution in [2.45, 2.75) is 6.92 Å². The van der Waals surface area contributed by atoms with Crippen molar-refractivity contribution < 1.29 is 4.39 Å². The van der Waals surface area contributed by atoms with Crippen LogP contribution in [0.5, 0.6) is 0 Å². The Kier molecular flexibility index (Phi) is 2.88. The first-order chi connectivity index (χ1) is 9.22. The standard InChI is InChI=1S/C16H13FN2/c1-12-2-4-13(5-3-12)14-10-18-19(11-14)16-8-6-15(17)7-9-16/h2-11H,1H3. The highest BCUT2D eigenvalue weighted by atomic mass is 19.1. The Bertz CT molecular complexity index is 622. The maximum atomic E-state index is 12.9. The van der Waals surface area contributed by atoms with E-state index in [9.17, 15) is 4.39 Å². The first-order valence-corrected chi connectivity index (χ1v) is 6.10. The summed E-state index contributed by atoms with van der Waals surface area (Å²) in [7, 11) is 0. The fourth-order valence-electron chi connectivity index (χ4n) is 1.95. The second-order valence-electron chi connectivity index (χ2n) is 4.52. The predicted octanol–water partition coefficient (Wildman–Crippen LogP) is 3.99. The molecule has 0 aliphatic carbocycles. The molecule has 1 aromatic heterocycles. The summed E-state index contributed by atoms with van der Waals surface area (Å²) in [5.74, 6) is -0.241. The Morgan fingerprint density at radius 1 is 0.895 bits per heavy atom. The van der Waals surface area contributed by atoms with E-state index >= 15 is 0 Å². The Morgan fingerprint density at radius 3 is 2.26 bits per heavy atom. The molecule has 0 aliphatic rings. The van der Waals surface area contributed by atoms with E-state index in [4.69, 9.17) is 0 Å². The van der Waals surface area contributed by atoms with Gasteiger partial charge in [0.2, 0.25) is 0 Å². The molecule has 0 N–H and O–H groups in total. The summed E-state index contributed by atoms with van der Waals surface area (Å²) in [6, 6.07) is 14.6. The van der Waals surface area contributed by atoms with Crippen LogP contribution in [-0.4, -0.2) is 9.78 Å². The number of hydrogen-bond acceptors (Lipinski definition) is 1. The van der Waals surface area contributed by atoms with Crippen LogP contribution in [0.2, 0.25) is 0 Å². The lowest BCUT2D eigenvalue weighted by molar-refractivity contribution is 0.627. The summed E-state index contributed by atoms with van der Waals surface area (Å²) < 4.78 is 14.6. The Hall–Kier alpha value is -2.42. The Labute approximate surface area is 111 Å². The molecule has 0 atom stereocenters. The molecule has 0 unspecified atom stereocenters. The molecule has 2 aromatic carbocycles. The van der Waals surface area contributed by atoms with Crippen LogP contribution in [0.15, 0.2) is 60.9 Å². The number of nitrogens with zero attached hydrogens (tertiary/aromatic N) is 2. The van der Waals surface area contributed by atoms with Crippen molar-refractivity contribution in [3.63, 3.8) is 0 Å². The zero-order valence-corrected chi connectivity index (χ0v) is 10.5. The molecule has 0 spiro atoms. The minimum atomic E-state index is -0.241. The van der Waals surface area contributed by atoms with Gasteiger partial charge in [-0.05, 0) is 36.8 Å². The van der Waals surface area contributed by atoms with Gasteiger partial charge in [-0.2, -0.15) is 5.10 Å². The predicted molar refractivity (Wildman–Crippen MR) is 73.7 cm³/mol. The summed E-state index contributed by atoms with van der Waals surface area (Å²) in [5, 5.41) is 4.31. The molecule has 1 heterocycles. The molecule has 0 amide bonds. The van der Waals surface area contributed by atoms with Gasteiger partial charge in [-0.25, -0.2) is 9.07 Å². The summed E-state index contributed by atoms with van der Waals surface area (Å²) in [6.07, 6.45) is 3.76. The number of aryl methyl sites for hydroxylation is 1. The molecule has 94 valence electrons. The maximum Gasteiger partial charge on any atom is 0.123 e. The smallest absolute Gasteiger partial charge is 0.123 e. The number of halogens is 1. The van der Waals surface area contributed by atoms with Crippen molar-refractivity contribution in [3.05, 3.63) is 72.3 Å². The summed E-state index contributed by atoms with van der Waals surface area (Å²) in [5.41, 5.74) is 4.25. The van der Waals surface area contributed by atoms with Crippen LogP contribution in [0.25, 0.3) is 16.8 Å². The first kappa shape index (κ1) is 11.7. The molecule has 0 fully saturated rings. The van der Waals surface area contributed by atoms with Crippen molar-refractivity contribution in [1.29, 1.82) is 0 Å². The Morgan fingerprint density at radius 2 is 1.58 bits per heavy atom. The molecule has 0 saturated carbocycles. The lowest BCUT2D eigenvalue weighted by Gasteiger charge is -2.00. The fraction of sp³-hybridized carbons (Fsp3) is 0.0625. The average Bonchev–Trinajstić information content (AvgIpc) is 2.90. The quantitative estimate of drug-likeness (QED) is 0.674. The molecule has 3 rings (SSSR count). The second-order valence-corrected chi connectivity index (χ2v) is 4.52. The van der Waals surface area contributed by atoms with Crippen LogP contribution >= 0.6 is 0 Å². The van der Waals surface area contributed by atoms with Crippen LogP contribution in [0.4, 0.5) is 4.39 Å². The topological polar surface area (TPSA) is 17.8 Å². The normalized spacial score (nSPS) is 10.6. The molecule has 3 aromatic rings. The number of rotatable bonds is 2. The lowest BCUT2D eigenvalue weighted by atomic mass is 10.1. The molecular formula is C16H13FN2. The molecule has 2 nitrogen and oxygen atoms in total. The molecule has 0 saturated heterocycles. The fourth-order valence-corrected chi connectivity index (χ4v) is 1.95. The van der Waals surface area contributed by atoms with Crippen molar-refractivity contribution >= 4 is 0 Å². The van der Waals surface area contributed by atoms with E-state index in [2.05, 4.69) is 36.3 Å². The van der Waals surface area contributed by atoms with Gasteiger partial charge in [0.1, 0.15) is 5.82 Å². The van der Waals surface area contributed by atoms with Crippen LogP contribution < -0.4 is 0 Å². The number of hydrogen-bond donors (Lipinski definition) is 0. The van der Waals surface area contributed by atoms with Gasteiger partial charge >= 0.3 is 0 Å². The van der Waals surface area contributed by atoms with Crippen molar-refractivity contribution in [3.8, 4) is 16.8 Å². The molecule has 0 radical (unpaired) electrons. The molecule has 3 heteroatoms. The van der Waals surface area contributed by atoms with Gasteiger partial charge in [0.15, 0.2) is 0 Å². The third-order valence-corrected chi connectivity index (χ3v) is 3.06. The van der Waals surface area contributed by atoms with Crippen LogP contribution in [0, 0.1) is 12.7 Å². The van der Waals surface area contributed by atoms with E-state index in [0.717, 1.165) is 16.8 Å². The number of aromatic nitrogens is 2. The van der Waals surface area contributed by atoms with Gasteiger partial charge in [-0.3, -0.25) is 0 Å². The van der Waals surface area contributed by atoms with Crippen LogP contribution in [0.1, 0.15) is 5.56 Å². The van der Waals surface area contributed by atoms with Crippen LogP contribution in [0.3, 0.4) is 0 Å². The molecule has 19 heavy (non-hydrogen) atoms. The number of benzene rings is 2. The van der Waals surface area contributed by atoms with Gasteiger partial charge in [-0.1, -0.05) is 29.8 Å². The first-order valence-electron chi connectivity index (χ1n) is 6.10. The average molecular weight is 252 g/mol. The van der Waals surface area contributed by atoms with E-state index in [-0.39, 0.29) is 5.82 Å². The summed E-state index contributed by atoms with van der Waals surface area (Å²) in [4.78, 5) is 0. The third kappa shape index (κ3) is 2.40. The minimum Gasteiger partial charge on any atom is -0.240 e. The largest absolute Gasteiger partial charge is 0.240 e. The van der Waals surface area contributed by atoms with E-state index in [1.54, 1.807) is 16.8 Å². The van der Waals surface area contributed by atoms with Gasteiger partial charge in [0.25, 0.3) is 0 Å². The van der Waals surface area contributed by atoms with Crippen molar-refractivity contribution in [1.82, 2.24) is 9.78 Å². The third-order valence-electron chi connectivity index (χ3n) is 3.06. The highest BCUT2D eigenvalue weighted by Gasteiger charge is 2.03. The van der Waals surface area contributed by atoms with Crippen molar-refractivity contribution in [2.75, 3.05) is 0 Å². The van der Waals surface area contributed by atoms with Gasteiger partial charge in [-0.15, -0.1) is 0 Å². The van der Waals surface area contributed by atoms with E-state index in [1.807, 2.05) is 12.4 Å². The molecule has 0 bridgehead atoms. The van der Waals surface area contributed by atoms with Crippen LogP contribution in [-0.2, 0) is 0 Å². The monoisotopic (exact) mass is 252 g/mol. The van der Waals surface area contributed by atoms with Gasteiger partial charge in [0.05, 0.1) is 11.9 Å². The van der Waals surface area contributed by atoms with Crippen molar-refractivity contribution in [2.24, 2.45) is 0 Å². The summed E-state index contributed by atoms with van der Waals surface area (Å²) >= 11 is 0. The van der Waals surface area contributed by atoms with E-state index < -0.39 is 0 Å². The van der Waals surface area contributed by atoms with Gasteiger partial charge in [0, 0.05) is 11.8 Å². The van der Waals surface area contributed by atoms with Gasteiger partial charge < -0.3 is 0 Å². The highest BCUT2D eigenvalue weighted by molar-refractivity contribution is 5.62. The maximum absolute atomic E-state index is 12.9. The summed E-state index contributed by atoms with van der Waals surface area (Å²) in [6.45, 7) is 2.06.